The molecule has 0 saturated carbocycles. The van der Waals surface area contributed by atoms with E-state index in [2.05, 4.69) is 10.3 Å². The number of hydrogen-bond donors (Lipinski definition) is 2. The summed E-state index contributed by atoms with van der Waals surface area (Å²) in [5.41, 5.74) is 0.850. The zero-order valence-electron chi connectivity index (χ0n) is 13.5. The zero-order chi connectivity index (χ0) is 16.7. The number of benzene rings is 1. The van der Waals surface area contributed by atoms with Crippen LogP contribution in [-0.2, 0) is 22.7 Å². The summed E-state index contributed by atoms with van der Waals surface area (Å²) < 4.78 is 5.66. The Labute approximate surface area is 136 Å². The SMILES string of the molecule is CC(C)(COCc1ccccc1)C(=O)NCc1ncccc1O. The van der Waals surface area contributed by atoms with E-state index in [9.17, 15) is 9.90 Å². The fraction of sp³-hybridized carbons (Fsp3) is 0.333. The number of ether oxygens (including phenoxy) is 1. The molecule has 2 aromatic rings. The molecule has 1 aromatic heterocycles. The molecular formula is C18H22N2O3. The number of aromatic hydroxyl groups is 1. The molecule has 2 rings (SSSR count). The van der Waals surface area contributed by atoms with Crippen LogP contribution >= 0.6 is 0 Å². The summed E-state index contributed by atoms with van der Waals surface area (Å²) in [7, 11) is 0. The average Bonchev–Trinajstić information content (AvgIpc) is 2.54. The summed E-state index contributed by atoms with van der Waals surface area (Å²) in [6.07, 6.45) is 1.58. The molecule has 5 nitrogen and oxygen atoms in total. The molecule has 23 heavy (non-hydrogen) atoms. The summed E-state index contributed by atoms with van der Waals surface area (Å²) >= 11 is 0. The number of amides is 1. The Balaban J connectivity index is 1.81. The first-order valence-corrected chi connectivity index (χ1v) is 7.52. The Morgan fingerprint density at radius 1 is 1.22 bits per heavy atom. The molecule has 0 unspecified atom stereocenters. The molecule has 0 aliphatic carbocycles. The van der Waals surface area contributed by atoms with Gasteiger partial charge in [0, 0.05) is 6.20 Å². The van der Waals surface area contributed by atoms with Crippen LogP contribution in [0.3, 0.4) is 0 Å². The van der Waals surface area contributed by atoms with Gasteiger partial charge >= 0.3 is 0 Å². The highest BCUT2D eigenvalue weighted by Gasteiger charge is 2.28. The van der Waals surface area contributed by atoms with Crippen molar-refractivity contribution in [2.45, 2.75) is 27.0 Å². The van der Waals surface area contributed by atoms with E-state index < -0.39 is 5.41 Å². The molecule has 0 radical (unpaired) electrons. The van der Waals surface area contributed by atoms with E-state index in [1.807, 2.05) is 44.2 Å². The van der Waals surface area contributed by atoms with E-state index in [1.54, 1.807) is 18.3 Å². The monoisotopic (exact) mass is 314 g/mol. The number of rotatable bonds is 7. The van der Waals surface area contributed by atoms with Crippen LogP contribution in [0, 0.1) is 5.41 Å². The topological polar surface area (TPSA) is 71.5 Å². The van der Waals surface area contributed by atoms with Gasteiger partial charge in [-0.15, -0.1) is 0 Å². The van der Waals surface area contributed by atoms with Crippen molar-refractivity contribution in [2.75, 3.05) is 6.61 Å². The second kappa shape index (κ2) is 7.74. The number of carbonyl (C=O) groups is 1. The van der Waals surface area contributed by atoms with Crippen molar-refractivity contribution >= 4 is 5.91 Å². The van der Waals surface area contributed by atoms with E-state index in [0.29, 0.717) is 18.9 Å². The van der Waals surface area contributed by atoms with Crippen molar-refractivity contribution in [3.63, 3.8) is 0 Å². The Morgan fingerprint density at radius 3 is 2.65 bits per heavy atom. The van der Waals surface area contributed by atoms with Crippen LogP contribution < -0.4 is 5.32 Å². The second-order valence-corrected chi connectivity index (χ2v) is 6.01. The number of hydrogen-bond acceptors (Lipinski definition) is 4. The molecule has 0 aliphatic rings. The summed E-state index contributed by atoms with van der Waals surface area (Å²) in [5.74, 6) is -0.0680. The van der Waals surface area contributed by atoms with E-state index in [4.69, 9.17) is 4.74 Å². The van der Waals surface area contributed by atoms with Crippen LogP contribution in [-0.4, -0.2) is 22.6 Å². The van der Waals surface area contributed by atoms with E-state index >= 15 is 0 Å². The molecule has 1 heterocycles. The van der Waals surface area contributed by atoms with Crippen molar-refractivity contribution in [2.24, 2.45) is 5.41 Å². The fourth-order valence-corrected chi connectivity index (χ4v) is 2.03. The lowest BCUT2D eigenvalue weighted by atomic mass is 9.93. The first-order chi connectivity index (χ1) is 11.0. The van der Waals surface area contributed by atoms with Crippen molar-refractivity contribution in [3.8, 4) is 5.75 Å². The largest absolute Gasteiger partial charge is 0.506 e. The van der Waals surface area contributed by atoms with Crippen molar-refractivity contribution < 1.29 is 14.6 Å². The summed E-state index contributed by atoms with van der Waals surface area (Å²) in [6.45, 7) is 4.62. The number of nitrogens with one attached hydrogen (secondary N) is 1. The normalized spacial score (nSPS) is 11.2. The predicted molar refractivity (Wildman–Crippen MR) is 87.6 cm³/mol. The molecule has 0 saturated heterocycles. The van der Waals surface area contributed by atoms with Gasteiger partial charge in [0.15, 0.2) is 0 Å². The number of aromatic nitrogens is 1. The minimum atomic E-state index is -0.667. The summed E-state index contributed by atoms with van der Waals surface area (Å²) in [5, 5.41) is 12.4. The van der Waals surface area contributed by atoms with Gasteiger partial charge in [0.2, 0.25) is 5.91 Å². The highest BCUT2D eigenvalue weighted by molar-refractivity contribution is 5.81. The lowest BCUT2D eigenvalue weighted by molar-refractivity contribution is -0.133. The van der Waals surface area contributed by atoms with E-state index in [-0.39, 0.29) is 18.2 Å². The highest BCUT2D eigenvalue weighted by Crippen LogP contribution is 2.18. The standard InChI is InChI=1S/C18H22N2O3/c1-18(2,13-23-12-14-7-4-3-5-8-14)17(22)20-11-15-16(21)9-6-10-19-15/h3-10,21H,11-13H2,1-2H3,(H,20,22). The molecule has 0 bridgehead atoms. The Hall–Kier alpha value is -2.40. The van der Waals surface area contributed by atoms with Gasteiger partial charge in [-0.05, 0) is 31.5 Å². The summed E-state index contributed by atoms with van der Waals surface area (Å²) in [4.78, 5) is 16.3. The maximum atomic E-state index is 12.3. The van der Waals surface area contributed by atoms with Crippen LogP contribution in [0.25, 0.3) is 0 Å². The van der Waals surface area contributed by atoms with Gasteiger partial charge in [-0.3, -0.25) is 9.78 Å². The zero-order valence-corrected chi connectivity index (χ0v) is 13.5. The van der Waals surface area contributed by atoms with Gasteiger partial charge in [-0.25, -0.2) is 0 Å². The molecule has 2 N–H and O–H groups in total. The predicted octanol–water partition coefficient (Wildman–Crippen LogP) is 2.65. The lowest BCUT2D eigenvalue weighted by Crippen LogP contribution is -2.39. The van der Waals surface area contributed by atoms with Crippen molar-refractivity contribution in [1.29, 1.82) is 0 Å². The molecule has 0 atom stereocenters. The maximum absolute atomic E-state index is 12.3. The molecule has 0 spiro atoms. The average molecular weight is 314 g/mol. The third-order valence-corrected chi connectivity index (χ3v) is 3.47. The van der Waals surface area contributed by atoms with Crippen molar-refractivity contribution in [1.82, 2.24) is 10.3 Å². The Kier molecular flexibility index (Phi) is 5.71. The highest BCUT2D eigenvalue weighted by atomic mass is 16.5. The lowest BCUT2D eigenvalue weighted by Gasteiger charge is -2.23. The van der Waals surface area contributed by atoms with Crippen molar-refractivity contribution in [3.05, 3.63) is 59.9 Å². The number of pyridine rings is 1. The number of nitrogens with zero attached hydrogens (tertiary/aromatic N) is 1. The fourth-order valence-electron chi connectivity index (χ4n) is 2.03. The first-order valence-electron chi connectivity index (χ1n) is 7.52. The van der Waals surface area contributed by atoms with Gasteiger partial charge in [-0.1, -0.05) is 30.3 Å². The quantitative estimate of drug-likeness (QED) is 0.824. The Morgan fingerprint density at radius 2 is 1.96 bits per heavy atom. The molecule has 1 aromatic carbocycles. The van der Waals surface area contributed by atoms with Gasteiger partial charge < -0.3 is 15.2 Å². The third kappa shape index (κ3) is 5.07. The van der Waals surface area contributed by atoms with Gasteiger partial charge in [0.25, 0.3) is 0 Å². The summed E-state index contributed by atoms with van der Waals surface area (Å²) in [6, 6.07) is 13.0. The first kappa shape index (κ1) is 17.0. The molecule has 0 aliphatic heterocycles. The minimum absolute atomic E-state index is 0.0749. The minimum Gasteiger partial charge on any atom is -0.506 e. The van der Waals surface area contributed by atoms with E-state index in [0.717, 1.165) is 5.56 Å². The van der Waals surface area contributed by atoms with Crippen LogP contribution in [0.15, 0.2) is 48.7 Å². The van der Waals surface area contributed by atoms with Crippen LogP contribution in [0.4, 0.5) is 0 Å². The van der Waals surface area contributed by atoms with Crippen LogP contribution in [0.1, 0.15) is 25.1 Å². The van der Waals surface area contributed by atoms with Gasteiger partial charge in [0.1, 0.15) is 11.4 Å². The second-order valence-electron chi connectivity index (χ2n) is 6.01. The molecular weight excluding hydrogens is 292 g/mol. The Bertz CT molecular complexity index is 642. The number of carbonyl (C=O) groups excluding carboxylic acids is 1. The van der Waals surface area contributed by atoms with Gasteiger partial charge in [-0.2, -0.15) is 0 Å². The van der Waals surface area contributed by atoms with Crippen LogP contribution in [0.5, 0.6) is 5.75 Å². The van der Waals surface area contributed by atoms with Crippen LogP contribution in [0.2, 0.25) is 0 Å². The smallest absolute Gasteiger partial charge is 0.228 e. The molecule has 122 valence electrons. The maximum Gasteiger partial charge on any atom is 0.228 e. The third-order valence-electron chi connectivity index (χ3n) is 3.47. The molecule has 1 amide bonds. The van der Waals surface area contributed by atoms with E-state index in [1.165, 1.54) is 0 Å². The molecule has 0 fully saturated rings. The van der Waals surface area contributed by atoms with Gasteiger partial charge in [0.05, 0.1) is 25.2 Å². The molecule has 5 heteroatoms.